The normalized spacial score (nSPS) is 13.7. The zero-order valence-electron chi connectivity index (χ0n) is 9.51. The van der Waals surface area contributed by atoms with E-state index in [-0.39, 0.29) is 0 Å². The summed E-state index contributed by atoms with van der Waals surface area (Å²) in [5.74, 6) is 2.56. The van der Waals surface area contributed by atoms with Gasteiger partial charge in [-0.3, -0.25) is 4.98 Å². The molecule has 0 N–H and O–H groups in total. The zero-order chi connectivity index (χ0) is 11.1. The number of aromatic nitrogens is 4. The fraction of sp³-hybridized carbons (Fsp3) is 0.417. The molecule has 3 rings (SSSR count). The highest BCUT2D eigenvalue weighted by Gasteiger charge is 2.21. The summed E-state index contributed by atoms with van der Waals surface area (Å²) in [5, 5.41) is 8.53. The molecule has 0 fully saturated rings. The van der Waals surface area contributed by atoms with Crippen LogP contribution in [0, 0.1) is 0 Å². The quantitative estimate of drug-likeness (QED) is 0.620. The van der Waals surface area contributed by atoms with E-state index in [1.54, 1.807) is 0 Å². The first-order chi connectivity index (χ1) is 7.75. The molecule has 0 atom stereocenters. The molecule has 2 aromatic heterocycles. The van der Waals surface area contributed by atoms with E-state index in [0.29, 0.717) is 5.92 Å². The maximum Gasteiger partial charge on any atom is 0.137 e. The van der Waals surface area contributed by atoms with Gasteiger partial charge in [0.15, 0.2) is 0 Å². The van der Waals surface area contributed by atoms with Gasteiger partial charge in [-0.05, 0) is 17.2 Å². The summed E-state index contributed by atoms with van der Waals surface area (Å²) in [4.78, 5) is 4.16. The van der Waals surface area contributed by atoms with Gasteiger partial charge in [-0.2, -0.15) is 0 Å². The maximum atomic E-state index is 4.27. The molecule has 16 heavy (non-hydrogen) atoms. The molecule has 4 heteroatoms. The van der Waals surface area contributed by atoms with Gasteiger partial charge in [-0.25, -0.2) is 0 Å². The van der Waals surface area contributed by atoms with Crippen LogP contribution < -0.4 is 0 Å². The predicted octanol–water partition coefficient (Wildman–Crippen LogP) is 1.75. The van der Waals surface area contributed by atoms with Gasteiger partial charge in [0.2, 0.25) is 0 Å². The molecule has 1 aliphatic heterocycles. The van der Waals surface area contributed by atoms with Crippen LogP contribution in [-0.4, -0.2) is 19.7 Å². The van der Waals surface area contributed by atoms with E-state index in [1.807, 2.05) is 12.4 Å². The van der Waals surface area contributed by atoms with Crippen LogP contribution in [-0.2, 0) is 13.0 Å². The largest absolute Gasteiger partial charge is 0.310 e. The highest BCUT2D eigenvalue weighted by atomic mass is 15.3. The molecule has 0 spiro atoms. The Balaban J connectivity index is 2.07. The maximum absolute atomic E-state index is 4.27. The number of hydrogen-bond donors (Lipinski definition) is 0. The van der Waals surface area contributed by atoms with Crippen molar-refractivity contribution in [2.45, 2.75) is 32.7 Å². The van der Waals surface area contributed by atoms with Crippen LogP contribution in [0.25, 0.3) is 0 Å². The zero-order valence-corrected chi connectivity index (χ0v) is 9.51. The number of pyridine rings is 1. The Morgan fingerprint density at radius 3 is 2.94 bits per heavy atom. The Hall–Kier alpha value is -1.71. The van der Waals surface area contributed by atoms with Crippen LogP contribution in [0.1, 0.15) is 42.5 Å². The van der Waals surface area contributed by atoms with Gasteiger partial charge in [0.05, 0.1) is 6.54 Å². The van der Waals surface area contributed by atoms with Gasteiger partial charge >= 0.3 is 0 Å². The van der Waals surface area contributed by atoms with Crippen molar-refractivity contribution in [3.63, 3.8) is 0 Å². The minimum atomic E-state index is 0.421. The summed E-state index contributed by atoms with van der Waals surface area (Å²) >= 11 is 0. The fourth-order valence-electron chi connectivity index (χ4n) is 2.19. The molecular weight excluding hydrogens is 200 g/mol. The lowest BCUT2D eigenvalue weighted by atomic mass is 10.0. The number of rotatable bonds is 1. The number of hydrogen-bond acceptors (Lipinski definition) is 3. The van der Waals surface area contributed by atoms with Gasteiger partial charge in [0.1, 0.15) is 11.6 Å². The van der Waals surface area contributed by atoms with Crippen molar-refractivity contribution in [1.29, 1.82) is 0 Å². The third-order valence-electron chi connectivity index (χ3n) is 3.05. The lowest BCUT2D eigenvalue weighted by Crippen LogP contribution is -2.17. The smallest absolute Gasteiger partial charge is 0.137 e. The molecular formula is C12H14N4. The molecule has 0 bridgehead atoms. The van der Waals surface area contributed by atoms with Crippen LogP contribution in [0.5, 0.6) is 0 Å². The molecule has 3 heterocycles. The molecule has 82 valence electrons. The third-order valence-corrected chi connectivity index (χ3v) is 3.05. The second-order valence-electron chi connectivity index (χ2n) is 4.54. The molecule has 0 saturated carbocycles. The van der Waals surface area contributed by atoms with Crippen LogP contribution in [0.2, 0.25) is 0 Å². The van der Waals surface area contributed by atoms with Crippen LogP contribution in [0.3, 0.4) is 0 Å². The second-order valence-corrected chi connectivity index (χ2v) is 4.54. The predicted molar refractivity (Wildman–Crippen MR) is 60.3 cm³/mol. The lowest BCUT2D eigenvalue weighted by molar-refractivity contribution is 0.629. The van der Waals surface area contributed by atoms with Crippen molar-refractivity contribution in [3.8, 4) is 0 Å². The molecule has 1 aliphatic rings. The highest BCUT2D eigenvalue weighted by molar-refractivity contribution is 5.30. The molecule has 2 aromatic rings. The van der Waals surface area contributed by atoms with E-state index in [0.717, 1.165) is 24.6 Å². The van der Waals surface area contributed by atoms with E-state index in [1.165, 1.54) is 11.1 Å². The van der Waals surface area contributed by atoms with E-state index in [2.05, 4.69) is 39.7 Å². The number of fused-ring (bicyclic) bond motifs is 2. The van der Waals surface area contributed by atoms with Crippen LogP contribution in [0.4, 0.5) is 0 Å². The highest BCUT2D eigenvalue weighted by Crippen LogP contribution is 2.23. The Kier molecular flexibility index (Phi) is 2.02. The minimum Gasteiger partial charge on any atom is -0.310 e. The topological polar surface area (TPSA) is 43.6 Å². The van der Waals surface area contributed by atoms with E-state index in [9.17, 15) is 0 Å². The van der Waals surface area contributed by atoms with E-state index in [4.69, 9.17) is 0 Å². The number of nitrogens with zero attached hydrogens (tertiary/aromatic N) is 4. The summed E-state index contributed by atoms with van der Waals surface area (Å²) in [6, 6.07) is 2.09. The van der Waals surface area contributed by atoms with Crippen molar-refractivity contribution in [1.82, 2.24) is 19.7 Å². The van der Waals surface area contributed by atoms with Gasteiger partial charge < -0.3 is 4.57 Å². The van der Waals surface area contributed by atoms with Crippen molar-refractivity contribution < 1.29 is 0 Å². The second kappa shape index (κ2) is 3.40. The monoisotopic (exact) mass is 214 g/mol. The summed E-state index contributed by atoms with van der Waals surface area (Å²) in [7, 11) is 0. The Morgan fingerprint density at radius 2 is 2.12 bits per heavy atom. The van der Waals surface area contributed by atoms with Crippen molar-refractivity contribution in [3.05, 3.63) is 41.2 Å². The average Bonchev–Trinajstić information content (AvgIpc) is 2.68. The first-order valence-corrected chi connectivity index (χ1v) is 5.59. The average molecular weight is 214 g/mol. The summed E-state index contributed by atoms with van der Waals surface area (Å²) < 4.78 is 2.23. The molecule has 0 amide bonds. The van der Waals surface area contributed by atoms with Gasteiger partial charge in [0.25, 0.3) is 0 Å². The molecule has 0 radical (unpaired) electrons. The SMILES string of the molecule is CC(C)c1nnc2n1Cc1ccncc1C2. The summed E-state index contributed by atoms with van der Waals surface area (Å²) in [6.45, 7) is 5.19. The van der Waals surface area contributed by atoms with E-state index < -0.39 is 0 Å². The Labute approximate surface area is 94.4 Å². The molecule has 0 unspecified atom stereocenters. The molecule has 0 aromatic carbocycles. The van der Waals surface area contributed by atoms with Gasteiger partial charge in [-0.1, -0.05) is 13.8 Å². The van der Waals surface area contributed by atoms with Crippen LogP contribution >= 0.6 is 0 Å². The first-order valence-electron chi connectivity index (χ1n) is 5.59. The molecule has 4 nitrogen and oxygen atoms in total. The lowest BCUT2D eigenvalue weighted by Gasteiger charge is -2.19. The molecule has 0 saturated heterocycles. The van der Waals surface area contributed by atoms with Crippen molar-refractivity contribution >= 4 is 0 Å². The Bertz CT molecular complexity index is 528. The summed E-state index contributed by atoms with van der Waals surface area (Å²) in [5.41, 5.74) is 2.61. The van der Waals surface area contributed by atoms with Crippen LogP contribution in [0.15, 0.2) is 18.5 Å². The van der Waals surface area contributed by atoms with Gasteiger partial charge in [-0.15, -0.1) is 10.2 Å². The molecule has 0 aliphatic carbocycles. The van der Waals surface area contributed by atoms with Crippen molar-refractivity contribution in [2.24, 2.45) is 0 Å². The Morgan fingerprint density at radius 1 is 1.25 bits per heavy atom. The van der Waals surface area contributed by atoms with E-state index >= 15 is 0 Å². The fourth-order valence-corrected chi connectivity index (χ4v) is 2.19. The van der Waals surface area contributed by atoms with Gasteiger partial charge in [0, 0.05) is 24.7 Å². The van der Waals surface area contributed by atoms with Crippen molar-refractivity contribution in [2.75, 3.05) is 0 Å². The summed E-state index contributed by atoms with van der Waals surface area (Å²) in [6.07, 6.45) is 4.63. The third kappa shape index (κ3) is 1.33. The first kappa shape index (κ1) is 9.51. The minimum absolute atomic E-state index is 0.421. The standard InChI is InChI=1S/C12H14N4/c1-8(2)12-15-14-11-5-10-6-13-4-3-9(10)7-16(11)12/h3-4,6,8H,5,7H2,1-2H3.